The molecule has 1 atom stereocenters. The van der Waals surface area contributed by atoms with Gasteiger partial charge < -0.3 is 9.73 Å². The molecule has 0 aliphatic rings. The van der Waals surface area contributed by atoms with Crippen LogP contribution in [0, 0.1) is 5.82 Å². The van der Waals surface area contributed by atoms with Crippen LogP contribution >= 0.6 is 0 Å². The van der Waals surface area contributed by atoms with E-state index in [0.29, 0.717) is 17.2 Å². The molecule has 0 aliphatic carbocycles. The van der Waals surface area contributed by atoms with Crippen molar-refractivity contribution in [3.05, 3.63) is 48.1 Å². The van der Waals surface area contributed by atoms with Gasteiger partial charge in [-0.25, -0.2) is 4.39 Å². The number of fused-ring (bicyclic) bond motifs is 1. The van der Waals surface area contributed by atoms with Crippen molar-refractivity contribution in [1.82, 2.24) is 15.5 Å². The summed E-state index contributed by atoms with van der Waals surface area (Å²) in [5, 5.41) is 12.7. The Morgan fingerprint density at radius 1 is 1.14 bits per heavy atom. The monoisotopic (exact) mass is 285 g/mol. The van der Waals surface area contributed by atoms with Crippen molar-refractivity contribution in [2.24, 2.45) is 0 Å². The summed E-state index contributed by atoms with van der Waals surface area (Å²) in [6, 6.07) is 10.4. The Labute approximate surface area is 122 Å². The Morgan fingerprint density at radius 2 is 1.90 bits per heavy atom. The molecule has 1 heterocycles. The van der Waals surface area contributed by atoms with Crippen molar-refractivity contribution >= 4 is 10.8 Å². The second-order valence-electron chi connectivity index (χ2n) is 4.87. The van der Waals surface area contributed by atoms with Gasteiger partial charge in [-0.3, -0.25) is 0 Å². The minimum Gasteiger partial charge on any atom is -0.419 e. The van der Waals surface area contributed by atoms with E-state index in [4.69, 9.17) is 4.42 Å². The number of aromatic nitrogens is 2. The standard InChI is InChI=1S/C16H16FN3O/c1-3-18-10(2)15-19-20-16(21-15)13-8-9-14(17)12-7-5-4-6-11(12)13/h4-10,18H,3H2,1-2H3. The number of hydrogen-bond donors (Lipinski definition) is 1. The van der Waals surface area contributed by atoms with Gasteiger partial charge in [0.15, 0.2) is 0 Å². The molecule has 2 aromatic carbocycles. The molecule has 1 N–H and O–H groups in total. The van der Waals surface area contributed by atoms with Crippen LogP contribution in [0.15, 0.2) is 40.8 Å². The van der Waals surface area contributed by atoms with E-state index in [1.165, 1.54) is 6.07 Å². The van der Waals surface area contributed by atoms with E-state index >= 15 is 0 Å². The van der Waals surface area contributed by atoms with Crippen molar-refractivity contribution in [2.75, 3.05) is 6.54 Å². The highest BCUT2D eigenvalue weighted by Gasteiger charge is 2.16. The fourth-order valence-electron chi connectivity index (χ4n) is 2.36. The van der Waals surface area contributed by atoms with Crippen molar-refractivity contribution in [1.29, 1.82) is 0 Å². The third-order valence-corrected chi connectivity index (χ3v) is 3.42. The molecule has 0 fully saturated rings. The maximum absolute atomic E-state index is 13.8. The molecule has 21 heavy (non-hydrogen) atoms. The molecule has 1 aromatic heterocycles. The lowest BCUT2D eigenvalue weighted by Crippen LogP contribution is -2.17. The Hall–Kier alpha value is -2.27. The van der Waals surface area contributed by atoms with Gasteiger partial charge in [-0.15, -0.1) is 10.2 Å². The smallest absolute Gasteiger partial charge is 0.248 e. The highest BCUT2D eigenvalue weighted by atomic mass is 19.1. The molecule has 0 saturated heterocycles. The quantitative estimate of drug-likeness (QED) is 0.794. The van der Waals surface area contributed by atoms with Crippen LogP contribution in [-0.2, 0) is 0 Å². The molecule has 0 radical (unpaired) electrons. The molecule has 5 heteroatoms. The van der Waals surface area contributed by atoms with E-state index in [9.17, 15) is 4.39 Å². The van der Waals surface area contributed by atoms with Gasteiger partial charge in [-0.1, -0.05) is 31.2 Å². The van der Waals surface area contributed by atoms with Crippen molar-refractivity contribution in [3.63, 3.8) is 0 Å². The molecular weight excluding hydrogens is 269 g/mol. The fraction of sp³-hybridized carbons (Fsp3) is 0.250. The van der Waals surface area contributed by atoms with E-state index in [2.05, 4.69) is 15.5 Å². The summed E-state index contributed by atoms with van der Waals surface area (Å²) in [5.41, 5.74) is 0.745. The average Bonchev–Trinajstić information content (AvgIpc) is 2.98. The summed E-state index contributed by atoms with van der Waals surface area (Å²) in [5.74, 6) is 0.682. The van der Waals surface area contributed by atoms with Gasteiger partial charge in [0.25, 0.3) is 0 Å². The van der Waals surface area contributed by atoms with Crippen LogP contribution in [0.2, 0.25) is 0 Å². The highest BCUT2D eigenvalue weighted by Crippen LogP contribution is 2.30. The lowest BCUT2D eigenvalue weighted by Gasteiger charge is -2.06. The Balaban J connectivity index is 2.07. The van der Waals surface area contributed by atoms with Gasteiger partial charge >= 0.3 is 0 Å². The van der Waals surface area contributed by atoms with E-state index < -0.39 is 0 Å². The van der Waals surface area contributed by atoms with Crippen molar-refractivity contribution in [2.45, 2.75) is 19.9 Å². The second kappa shape index (κ2) is 5.61. The lowest BCUT2D eigenvalue weighted by atomic mass is 10.0. The maximum Gasteiger partial charge on any atom is 0.248 e. The van der Waals surface area contributed by atoms with Crippen LogP contribution in [-0.4, -0.2) is 16.7 Å². The normalized spacial score (nSPS) is 12.7. The molecule has 108 valence electrons. The van der Waals surface area contributed by atoms with Gasteiger partial charge in [0.1, 0.15) is 5.82 Å². The van der Waals surface area contributed by atoms with Gasteiger partial charge in [0.2, 0.25) is 11.8 Å². The zero-order chi connectivity index (χ0) is 14.8. The van der Waals surface area contributed by atoms with Gasteiger partial charge in [0.05, 0.1) is 6.04 Å². The van der Waals surface area contributed by atoms with E-state index in [-0.39, 0.29) is 11.9 Å². The minimum atomic E-state index is -0.255. The topological polar surface area (TPSA) is 51.0 Å². The molecule has 0 saturated carbocycles. The van der Waals surface area contributed by atoms with Crippen LogP contribution in [0.5, 0.6) is 0 Å². The minimum absolute atomic E-state index is 0.0111. The van der Waals surface area contributed by atoms with Crippen molar-refractivity contribution in [3.8, 4) is 11.5 Å². The summed E-state index contributed by atoms with van der Waals surface area (Å²) in [6.07, 6.45) is 0. The van der Waals surface area contributed by atoms with Crippen LogP contribution in [0.1, 0.15) is 25.8 Å². The molecule has 0 aliphatic heterocycles. The summed E-state index contributed by atoms with van der Waals surface area (Å²) < 4.78 is 19.6. The van der Waals surface area contributed by atoms with Gasteiger partial charge in [-0.2, -0.15) is 0 Å². The largest absolute Gasteiger partial charge is 0.419 e. The first-order valence-corrected chi connectivity index (χ1v) is 6.95. The molecule has 1 unspecified atom stereocenters. The Kier molecular flexibility index (Phi) is 3.66. The predicted octanol–water partition coefficient (Wildman–Crippen LogP) is 3.70. The van der Waals surface area contributed by atoms with Crippen LogP contribution in [0.3, 0.4) is 0 Å². The molecule has 3 aromatic rings. The zero-order valence-electron chi connectivity index (χ0n) is 11.9. The molecule has 0 amide bonds. The molecule has 0 bridgehead atoms. The Morgan fingerprint density at radius 3 is 2.67 bits per heavy atom. The first-order chi connectivity index (χ1) is 10.2. The summed E-state index contributed by atoms with van der Waals surface area (Å²) >= 11 is 0. The number of nitrogens with one attached hydrogen (secondary N) is 1. The van der Waals surface area contributed by atoms with Crippen LogP contribution in [0.4, 0.5) is 4.39 Å². The Bertz CT molecular complexity index is 769. The summed E-state index contributed by atoms with van der Waals surface area (Å²) in [6.45, 7) is 4.79. The lowest BCUT2D eigenvalue weighted by molar-refractivity contribution is 0.429. The van der Waals surface area contributed by atoms with Crippen LogP contribution in [0.25, 0.3) is 22.2 Å². The third kappa shape index (κ3) is 2.52. The fourth-order valence-corrected chi connectivity index (χ4v) is 2.36. The number of benzene rings is 2. The van der Waals surface area contributed by atoms with Crippen LogP contribution < -0.4 is 5.32 Å². The molecule has 4 nitrogen and oxygen atoms in total. The average molecular weight is 285 g/mol. The van der Waals surface area contributed by atoms with Gasteiger partial charge in [-0.05, 0) is 31.0 Å². The molecule has 3 rings (SSSR count). The maximum atomic E-state index is 13.8. The van der Waals surface area contributed by atoms with Crippen molar-refractivity contribution < 1.29 is 8.81 Å². The van der Waals surface area contributed by atoms with Gasteiger partial charge in [0, 0.05) is 10.9 Å². The summed E-state index contributed by atoms with van der Waals surface area (Å²) in [4.78, 5) is 0. The number of halogens is 1. The number of rotatable bonds is 4. The first-order valence-electron chi connectivity index (χ1n) is 6.95. The third-order valence-electron chi connectivity index (χ3n) is 3.42. The summed E-state index contributed by atoms with van der Waals surface area (Å²) in [7, 11) is 0. The molecule has 0 spiro atoms. The second-order valence-corrected chi connectivity index (χ2v) is 4.87. The van der Waals surface area contributed by atoms with E-state index in [1.54, 1.807) is 12.1 Å². The number of nitrogens with zero attached hydrogens (tertiary/aromatic N) is 2. The highest BCUT2D eigenvalue weighted by molar-refractivity contribution is 5.95. The van der Waals surface area contributed by atoms with E-state index in [0.717, 1.165) is 17.5 Å². The number of hydrogen-bond acceptors (Lipinski definition) is 4. The SMILES string of the molecule is CCNC(C)c1nnc(-c2ccc(F)c3ccccc23)o1. The first kappa shape index (κ1) is 13.7. The predicted molar refractivity (Wildman–Crippen MR) is 79.3 cm³/mol. The van der Waals surface area contributed by atoms with E-state index in [1.807, 2.05) is 32.0 Å². The zero-order valence-corrected chi connectivity index (χ0v) is 11.9. The molecular formula is C16H16FN3O.